The van der Waals surface area contributed by atoms with E-state index in [0.717, 1.165) is 0 Å². The summed E-state index contributed by atoms with van der Waals surface area (Å²) in [5, 5.41) is 2.70. The number of benzene rings is 2. The van der Waals surface area contributed by atoms with Crippen LogP contribution in [0.3, 0.4) is 0 Å². The molecular formula is C21H26N2O5S. The molecule has 0 radical (unpaired) electrons. The normalized spacial score (nSPS) is 11.3. The monoisotopic (exact) mass is 418 g/mol. The summed E-state index contributed by atoms with van der Waals surface area (Å²) in [5.41, 5.74) is 1.51. The maximum atomic E-state index is 12.9. The molecule has 0 spiro atoms. The van der Waals surface area contributed by atoms with E-state index in [4.69, 9.17) is 4.74 Å². The molecule has 0 aliphatic rings. The number of carbonyl (C=O) groups excluding carboxylic acids is 2. The van der Waals surface area contributed by atoms with Gasteiger partial charge in [0.25, 0.3) is 5.91 Å². The first kappa shape index (κ1) is 22.6. The van der Waals surface area contributed by atoms with Crippen molar-refractivity contribution in [1.82, 2.24) is 4.31 Å². The molecule has 1 N–H and O–H groups in total. The summed E-state index contributed by atoms with van der Waals surface area (Å²) in [4.78, 5) is 24.6. The second-order valence-electron chi connectivity index (χ2n) is 6.33. The van der Waals surface area contributed by atoms with Crippen LogP contribution in [0, 0.1) is 6.92 Å². The third kappa shape index (κ3) is 5.21. The Hall–Kier alpha value is -2.71. The Morgan fingerprint density at radius 3 is 2.31 bits per heavy atom. The van der Waals surface area contributed by atoms with Gasteiger partial charge in [0, 0.05) is 24.3 Å². The van der Waals surface area contributed by atoms with Crippen LogP contribution in [0.4, 0.5) is 5.69 Å². The number of anilines is 1. The molecule has 0 atom stereocenters. The van der Waals surface area contributed by atoms with Crippen LogP contribution in [0.2, 0.25) is 0 Å². The van der Waals surface area contributed by atoms with Crippen LogP contribution < -0.4 is 5.32 Å². The van der Waals surface area contributed by atoms with E-state index < -0.39 is 21.9 Å². The van der Waals surface area contributed by atoms with Crippen LogP contribution in [-0.4, -0.2) is 44.3 Å². The molecule has 0 fully saturated rings. The number of hydrogen-bond acceptors (Lipinski definition) is 5. The molecule has 0 aromatic heterocycles. The van der Waals surface area contributed by atoms with Gasteiger partial charge in [-0.2, -0.15) is 4.31 Å². The summed E-state index contributed by atoms with van der Waals surface area (Å²) in [6.07, 6.45) is 0. The number of sulfonamides is 1. The van der Waals surface area contributed by atoms with Gasteiger partial charge in [-0.25, -0.2) is 13.2 Å². The van der Waals surface area contributed by atoms with Crippen molar-refractivity contribution in [3.05, 3.63) is 59.2 Å². The zero-order valence-corrected chi connectivity index (χ0v) is 17.9. The Morgan fingerprint density at radius 1 is 1.00 bits per heavy atom. The standard InChI is InChI=1S/C21H26N2O5S/c1-5-23(6-2)29(26,27)19-14-16(12-11-15(19)4)20(24)22-18-10-8-9-17(13-18)21(25)28-7-3/h8-14H,5-7H2,1-4H3,(H,22,24). The minimum atomic E-state index is -3.69. The van der Waals surface area contributed by atoms with E-state index >= 15 is 0 Å². The van der Waals surface area contributed by atoms with Gasteiger partial charge in [-0.05, 0) is 49.7 Å². The van der Waals surface area contributed by atoms with E-state index in [-0.39, 0.29) is 17.1 Å². The molecule has 1 amide bonds. The topological polar surface area (TPSA) is 92.8 Å². The second-order valence-corrected chi connectivity index (χ2v) is 8.23. The van der Waals surface area contributed by atoms with Gasteiger partial charge >= 0.3 is 5.97 Å². The Balaban J connectivity index is 2.31. The van der Waals surface area contributed by atoms with E-state index in [2.05, 4.69) is 5.32 Å². The lowest BCUT2D eigenvalue weighted by Gasteiger charge is -2.20. The summed E-state index contributed by atoms with van der Waals surface area (Å²) in [5.74, 6) is -0.950. The van der Waals surface area contributed by atoms with Crippen LogP contribution in [-0.2, 0) is 14.8 Å². The highest BCUT2D eigenvalue weighted by Gasteiger charge is 2.24. The van der Waals surface area contributed by atoms with Crippen molar-refractivity contribution >= 4 is 27.6 Å². The highest BCUT2D eigenvalue weighted by Crippen LogP contribution is 2.22. The first-order valence-electron chi connectivity index (χ1n) is 9.43. The lowest BCUT2D eigenvalue weighted by Crippen LogP contribution is -2.31. The molecule has 0 saturated heterocycles. The van der Waals surface area contributed by atoms with Crippen molar-refractivity contribution in [2.45, 2.75) is 32.6 Å². The molecule has 29 heavy (non-hydrogen) atoms. The van der Waals surface area contributed by atoms with E-state index in [9.17, 15) is 18.0 Å². The Morgan fingerprint density at radius 2 is 1.69 bits per heavy atom. The predicted molar refractivity (Wildman–Crippen MR) is 112 cm³/mol. The first-order valence-corrected chi connectivity index (χ1v) is 10.9. The van der Waals surface area contributed by atoms with Gasteiger partial charge < -0.3 is 10.1 Å². The van der Waals surface area contributed by atoms with Crippen molar-refractivity contribution in [2.75, 3.05) is 25.0 Å². The number of aryl methyl sites for hydroxylation is 1. The fourth-order valence-corrected chi connectivity index (χ4v) is 4.57. The molecule has 2 aromatic rings. The SMILES string of the molecule is CCOC(=O)c1cccc(NC(=O)c2ccc(C)c(S(=O)(=O)N(CC)CC)c2)c1. The van der Waals surface area contributed by atoms with Crippen LogP contribution in [0.25, 0.3) is 0 Å². The van der Waals surface area contributed by atoms with Crippen LogP contribution in [0.1, 0.15) is 47.1 Å². The quantitative estimate of drug-likeness (QED) is 0.663. The number of rotatable bonds is 8. The number of amides is 1. The van der Waals surface area contributed by atoms with Crippen LogP contribution >= 0.6 is 0 Å². The van der Waals surface area contributed by atoms with Crippen LogP contribution in [0.15, 0.2) is 47.4 Å². The molecule has 0 aliphatic carbocycles. The third-order valence-electron chi connectivity index (χ3n) is 4.41. The first-order chi connectivity index (χ1) is 13.7. The van der Waals surface area contributed by atoms with E-state index in [0.29, 0.717) is 29.9 Å². The average Bonchev–Trinajstić information content (AvgIpc) is 2.69. The van der Waals surface area contributed by atoms with Crippen molar-refractivity contribution in [3.63, 3.8) is 0 Å². The second kappa shape index (κ2) is 9.67. The van der Waals surface area contributed by atoms with Crippen LogP contribution in [0.5, 0.6) is 0 Å². The minimum absolute atomic E-state index is 0.106. The third-order valence-corrected chi connectivity index (χ3v) is 6.60. The molecule has 2 rings (SSSR count). The van der Waals surface area contributed by atoms with Crippen molar-refractivity contribution in [2.24, 2.45) is 0 Å². The summed E-state index contributed by atoms with van der Waals surface area (Å²) >= 11 is 0. The molecule has 7 nitrogen and oxygen atoms in total. The number of carbonyl (C=O) groups is 2. The summed E-state index contributed by atoms with van der Waals surface area (Å²) < 4.78 is 32.1. The number of nitrogens with one attached hydrogen (secondary N) is 1. The largest absolute Gasteiger partial charge is 0.462 e. The highest BCUT2D eigenvalue weighted by atomic mass is 32.2. The lowest BCUT2D eigenvalue weighted by molar-refractivity contribution is 0.0526. The molecule has 8 heteroatoms. The molecule has 0 saturated carbocycles. The zero-order valence-electron chi connectivity index (χ0n) is 17.1. The summed E-state index contributed by atoms with van der Waals surface area (Å²) in [6.45, 7) is 7.88. The molecule has 2 aromatic carbocycles. The molecule has 0 bridgehead atoms. The smallest absolute Gasteiger partial charge is 0.338 e. The van der Waals surface area contributed by atoms with Gasteiger partial charge in [0.15, 0.2) is 0 Å². The molecule has 156 valence electrons. The Labute approximate surface area is 171 Å². The van der Waals surface area contributed by atoms with E-state index in [1.807, 2.05) is 0 Å². The van der Waals surface area contributed by atoms with E-state index in [1.54, 1.807) is 58.0 Å². The number of ether oxygens (including phenoxy) is 1. The van der Waals surface area contributed by atoms with E-state index in [1.165, 1.54) is 16.4 Å². The highest BCUT2D eigenvalue weighted by molar-refractivity contribution is 7.89. The minimum Gasteiger partial charge on any atom is -0.462 e. The average molecular weight is 419 g/mol. The molecule has 0 heterocycles. The number of esters is 1. The zero-order chi connectivity index (χ0) is 21.6. The van der Waals surface area contributed by atoms with Gasteiger partial charge in [-0.3, -0.25) is 4.79 Å². The van der Waals surface area contributed by atoms with Gasteiger partial charge in [0.05, 0.1) is 17.1 Å². The Bertz CT molecular complexity index is 998. The van der Waals surface area contributed by atoms with Crippen molar-refractivity contribution in [3.8, 4) is 0 Å². The van der Waals surface area contributed by atoms with Gasteiger partial charge in [0.1, 0.15) is 0 Å². The summed E-state index contributed by atoms with van der Waals surface area (Å²) in [7, 11) is -3.69. The van der Waals surface area contributed by atoms with Crippen molar-refractivity contribution < 1.29 is 22.7 Å². The molecule has 0 aliphatic heterocycles. The molecular weight excluding hydrogens is 392 g/mol. The number of hydrogen-bond donors (Lipinski definition) is 1. The van der Waals surface area contributed by atoms with Gasteiger partial charge in [0.2, 0.25) is 10.0 Å². The maximum Gasteiger partial charge on any atom is 0.338 e. The summed E-state index contributed by atoms with van der Waals surface area (Å²) in [6, 6.07) is 10.9. The number of nitrogens with zero attached hydrogens (tertiary/aromatic N) is 1. The van der Waals surface area contributed by atoms with Gasteiger partial charge in [-0.15, -0.1) is 0 Å². The Kier molecular flexibility index (Phi) is 7.53. The maximum absolute atomic E-state index is 12.9. The van der Waals surface area contributed by atoms with Crippen molar-refractivity contribution in [1.29, 1.82) is 0 Å². The fourth-order valence-electron chi connectivity index (χ4n) is 2.86. The lowest BCUT2D eigenvalue weighted by atomic mass is 10.1. The molecule has 0 unspecified atom stereocenters. The van der Waals surface area contributed by atoms with Gasteiger partial charge in [-0.1, -0.05) is 26.0 Å². The fraction of sp³-hybridized carbons (Fsp3) is 0.333. The predicted octanol–water partition coefficient (Wildman–Crippen LogP) is 3.45.